The van der Waals surface area contributed by atoms with E-state index < -0.39 is 6.29 Å². The molecule has 1 fully saturated rings. The molecule has 1 aromatic heterocycles. The number of hydroxylamine groups is 1. The second-order valence-electron chi connectivity index (χ2n) is 11.3. The maximum absolute atomic E-state index is 12.3. The number of unbranched alkanes of at least 4 members (excludes halogenated alkanes) is 3. The predicted octanol–water partition coefficient (Wildman–Crippen LogP) is 4.95. The van der Waals surface area contributed by atoms with Crippen LogP contribution in [0.15, 0.2) is 84.0 Å². The number of ether oxygens (including phenoxy) is 2. The molecule has 0 spiro atoms. The molecule has 1 aliphatic heterocycles. The lowest BCUT2D eigenvalue weighted by Crippen LogP contribution is -2.31. The summed E-state index contributed by atoms with van der Waals surface area (Å²) in [5, 5.41) is 34.0. The second kappa shape index (κ2) is 17.7. The Labute approximate surface area is 277 Å². The van der Waals surface area contributed by atoms with E-state index in [1.807, 2.05) is 78.9 Å². The van der Waals surface area contributed by atoms with Gasteiger partial charge in [0.05, 0.1) is 24.5 Å². The smallest absolute Gasteiger partial charge is 0.243 e. The zero-order valence-corrected chi connectivity index (χ0v) is 26.8. The number of nitrogens with one attached hydrogen (secondary N) is 2. The van der Waals surface area contributed by atoms with Crippen LogP contribution in [0.3, 0.4) is 0 Å². The summed E-state index contributed by atoms with van der Waals surface area (Å²) in [6, 6.07) is 25.4. The fourth-order valence-corrected chi connectivity index (χ4v) is 6.16. The fraction of sp³-hybridized carbons (Fsp3) is 0.382. The number of amides is 2. The van der Waals surface area contributed by atoms with Gasteiger partial charge in [-0.15, -0.1) is 5.10 Å². The van der Waals surface area contributed by atoms with Crippen molar-refractivity contribution in [3.8, 4) is 5.69 Å². The molecule has 1 aliphatic rings. The number of carbonyl (C=O) groups excluding carboxylic acids is 2. The number of aliphatic hydroxyl groups excluding tert-OH is 1. The highest BCUT2D eigenvalue weighted by Crippen LogP contribution is 2.39. The highest BCUT2D eigenvalue weighted by Gasteiger charge is 2.32. The predicted molar refractivity (Wildman–Crippen MR) is 174 cm³/mol. The minimum absolute atomic E-state index is 0.0187. The second-order valence-corrected chi connectivity index (χ2v) is 12.3. The molecule has 0 saturated carbocycles. The molecule has 0 bridgehead atoms. The Morgan fingerprint density at radius 2 is 1.53 bits per heavy atom. The number of hydrogen-bond donors (Lipinski definition) is 4. The highest BCUT2D eigenvalue weighted by molar-refractivity contribution is 7.99. The maximum Gasteiger partial charge on any atom is 0.243 e. The molecule has 2 heterocycles. The molecule has 5 rings (SSSR count). The van der Waals surface area contributed by atoms with Gasteiger partial charge < -0.3 is 19.9 Å². The molecule has 12 nitrogen and oxygen atoms in total. The Morgan fingerprint density at radius 3 is 2.23 bits per heavy atom. The fourth-order valence-electron chi connectivity index (χ4n) is 5.25. The van der Waals surface area contributed by atoms with Crippen LogP contribution in [0.2, 0.25) is 0 Å². The van der Waals surface area contributed by atoms with Crippen LogP contribution < -0.4 is 10.8 Å². The summed E-state index contributed by atoms with van der Waals surface area (Å²) >= 11 is 1.53. The van der Waals surface area contributed by atoms with Gasteiger partial charge in [0.2, 0.25) is 17.0 Å². The van der Waals surface area contributed by atoms with Crippen LogP contribution in [-0.2, 0) is 32.2 Å². The van der Waals surface area contributed by atoms with Gasteiger partial charge in [-0.05, 0) is 52.1 Å². The number of rotatable bonds is 16. The molecule has 3 aromatic carbocycles. The van der Waals surface area contributed by atoms with Gasteiger partial charge in [-0.25, -0.2) is 5.48 Å². The molecule has 1 saturated heterocycles. The van der Waals surface area contributed by atoms with Gasteiger partial charge in [0.25, 0.3) is 0 Å². The van der Waals surface area contributed by atoms with Crippen molar-refractivity contribution in [2.45, 2.75) is 81.8 Å². The lowest BCUT2D eigenvalue weighted by atomic mass is 10.0. The van der Waals surface area contributed by atoms with Crippen LogP contribution in [0, 0.1) is 0 Å². The number of benzene rings is 3. The van der Waals surface area contributed by atoms with E-state index in [-0.39, 0.29) is 37.0 Å². The maximum atomic E-state index is 12.3. The van der Waals surface area contributed by atoms with Crippen molar-refractivity contribution in [3.63, 3.8) is 0 Å². The standard InChI is InChI=1S/C34H40N6O6S/c41-22-25-14-16-26(17-15-25)30-20-29(23-47-34-36-38-39-40(34)28-8-4-3-5-9-28)45-33(46-30)27-18-12-24(13-19-27)21-35-31(42)10-6-1-2-7-11-32(43)37-44/h3-5,8-9,12-19,29-30,33,41,44H,1-2,6-7,10-11,20-23H2,(H,35,42)(H,37,43). The zero-order chi connectivity index (χ0) is 32.8. The number of hydrogen-bond acceptors (Lipinski definition) is 10. The highest BCUT2D eigenvalue weighted by atomic mass is 32.2. The molecule has 3 unspecified atom stereocenters. The lowest BCUT2D eigenvalue weighted by molar-refractivity contribution is -0.245. The summed E-state index contributed by atoms with van der Waals surface area (Å²) in [7, 11) is 0. The number of carbonyl (C=O) groups is 2. The third-order valence-electron chi connectivity index (χ3n) is 7.88. The van der Waals surface area contributed by atoms with E-state index in [1.165, 1.54) is 11.8 Å². The summed E-state index contributed by atoms with van der Waals surface area (Å²) in [5.74, 6) is 0.205. The molecular weight excluding hydrogens is 620 g/mol. The average molecular weight is 661 g/mol. The number of nitrogens with zero attached hydrogens (tertiary/aromatic N) is 4. The van der Waals surface area contributed by atoms with Crippen LogP contribution in [0.1, 0.15) is 79.6 Å². The van der Waals surface area contributed by atoms with Crippen LogP contribution in [0.5, 0.6) is 0 Å². The number of thioether (sulfide) groups is 1. The van der Waals surface area contributed by atoms with Crippen molar-refractivity contribution in [2.75, 3.05) is 5.75 Å². The number of aromatic nitrogens is 4. The van der Waals surface area contributed by atoms with Gasteiger partial charge in [0, 0.05) is 37.1 Å². The van der Waals surface area contributed by atoms with Gasteiger partial charge in [-0.1, -0.05) is 91.3 Å². The van der Waals surface area contributed by atoms with E-state index in [4.69, 9.17) is 14.7 Å². The first-order chi connectivity index (χ1) is 23.0. The first-order valence-corrected chi connectivity index (χ1v) is 16.8. The number of tetrazole rings is 1. The molecule has 47 heavy (non-hydrogen) atoms. The van der Waals surface area contributed by atoms with Crippen molar-refractivity contribution < 1.29 is 29.4 Å². The van der Waals surface area contributed by atoms with Crippen molar-refractivity contribution >= 4 is 23.6 Å². The first-order valence-electron chi connectivity index (χ1n) is 15.8. The Morgan fingerprint density at radius 1 is 0.851 bits per heavy atom. The van der Waals surface area contributed by atoms with Crippen molar-refractivity contribution in [2.24, 2.45) is 0 Å². The van der Waals surface area contributed by atoms with Crippen LogP contribution in [0.4, 0.5) is 0 Å². The number of aliphatic hydroxyl groups is 1. The Balaban J connectivity index is 1.17. The summed E-state index contributed by atoms with van der Waals surface area (Å²) in [4.78, 5) is 23.4. The summed E-state index contributed by atoms with van der Waals surface area (Å²) < 4.78 is 14.7. The van der Waals surface area contributed by atoms with E-state index in [9.17, 15) is 14.7 Å². The summed E-state index contributed by atoms with van der Waals surface area (Å²) in [6.45, 7) is 0.393. The van der Waals surface area contributed by atoms with Crippen LogP contribution in [-0.4, -0.2) is 54.2 Å². The third kappa shape index (κ3) is 10.2. The van der Waals surface area contributed by atoms with E-state index in [0.717, 1.165) is 47.2 Å². The SMILES string of the molecule is O=C(CCCCCCC(=O)NCc1ccc(C2OC(CSc3nnnn3-c3ccccc3)CC(c3ccc(CO)cc3)O2)cc1)NO. The minimum Gasteiger partial charge on any atom is -0.392 e. The zero-order valence-electron chi connectivity index (χ0n) is 26.0. The molecule has 2 amide bonds. The first kappa shape index (κ1) is 34.2. The van der Waals surface area contributed by atoms with Gasteiger partial charge in [0.1, 0.15) is 0 Å². The molecule has 4 aromatic rings. The van der Waals surface area contributed by atoms with Gasteiger partial charge in [-0.2, -0.15) is 4.68 Å². The van der Waals surface area contributed by atoms with Crippen molar-refractivity contribution in [3.05, 3.63) is 101 Å². The van der Waals surface area contributed by atoms with Crippen molar-refractivity contribution in [1.29, 1.82) is 0 Å². The molecule has 0 radical (unpaired) electrons. The molecule has 3 atom stereocenters. The minimum atomic E-state index is -0.603. The summed E-state index contributed by atoms with van der Waals surface area (Å²) in [5.41, 5.74) is 6.19. The van der Waals surface area contributed by atoms with E-state index in [2.05, 4.69) is 20.8 Å². The third-order valence-corrected chi connectivity index (χ3v) is 8.93. The Kier molecular flexibility index (Phi) is 12.9. The van der Waals surface area contributed by atoms with Crippen LogP contribution >= 0.6 is 11.8 Å². The lowest BCUT2D eigenvalue weighted by Gasteiger charge is -2.36. The Bertz CT molecular complexity index is 1550. The van der Waals surface area contributed by atoms with Gasteiger partial charge in [-0.3, -0.25) is 14.8 Å². The Hall–Kier alpha value is -4.14. The largest absolute Gasteiger partial charge is 0.392 e. The summed E-state index contributed by atoms with van der Waals surface area (Å²) in [6.07, 6.45) is 3.45. The average Bonchev–Trinajstić information content (AvgIpc) is 3.60. The molecule has 13 heteroatoms. The molecular formula is C34H40N6O6S. The van der Waals surface area contributed by atoms with E-state index in [1.54, 1.807) is 10.2 Å². The van der Waals surface area contributed by atoms with Crippen molar-refractivity contribution in [1.82, 2.24) is 31.0 Å². The normalized spacial score (nSPS) is 17.7. The van der Waals surface area contributed by atoms with Gasteiger partial charge in [0.15, 0.2) is 6.29 Å². The monoisotopic (exact) mass is 660 g/mol. The topological polar surface area (TPSA) is 161 Å². The quantitative estimate of drug-likeness (QED) is 0.0560. The molecule has 0 aliphatic carbocycles. The van der Waals surface area contributed by atoms with E-state index >= 15 is 0 Å². The molecule has 4 N–H and O–H groups in total. The van der Waals surface area contributed by atoms with Crippen LogP contribution in [0.25, 0.3) is 5.69 Å². The van der Waals surface area contributed by atoms with Gasteiger partial charge >= 0.3 is 0 Å². The number of para-hydroxylation sites is 1. The molecule has 248 valence electrons. The van der Waals surface area contributed by atoms with E-state index in [0.29, 0.717) is 36.7 Å².